The Morgan fingerprint density at radius 2 is 2.07 bits per heavy atom. The van der Waals surface area contributed by atoms with E-state index in [0.29, 0.717) is 6.42 Å². The van der Waals surface area contributed by atoms with Crippen molar-refractivity contribution >= 4 is 5.97 Å². The van der Waals surface area contributed by atoms with E-state index in [-0.39, 0.29) is 5.97 Å². The summed E-state index contributed by atoms with van der Waals surface area (Å²) in [5.74, 6) is -0.152. The number of hydrogen-bond donors (Lipinski definition) is 1. The van der Waals surface area contributed by atoms with Crippen LogP contribution < -0.4 is 5.32 Å². The SMILES string of the molecule is COC(=O)CCCCCNC(C)(C)C#N. The third kappa shape index (κ3) is 7.95. The second kappa shape index (κ2) is 7.24. The third-order valence-corrected chi connectivity index (χ3v) is 2.13. The van der Waals surface area contributed by atoms with E-state index in [9.17, 15) is 4.79 Å². The van der Waals surface area contributed by atoms with Crippen LogP contribution in [0.5, 0.6) is 0 Å². The van der Waals surface area contributed by atoms with Crippen molar-refractivity contribution in [3.63, 3.8) is 0 Å². The fraction of sp³-hybridized carbons (Fsp3) is 0.818. The van der Waals surface area contributed by atoms with Crippen molar-refractivity contribution in [1.29, 1.82) is 5.26 Å². The summed E-state index contributed by atoms with van der Waals surface area (Å²) in [4.78, 5) is 10.8. The van der Waals surface area contributed by atoms with Crippen molar-refractivity contribution in [2.45, 2.75) is 45.1 Å². The van der Waals surface area contributed by atoms with Crippen molar-refractivity contribution in [2.75, 3.05) is 13.7 Å². The third-order valence-electron chi connectivity index (χ3n) is 2.13. The lowest BCUT2D eigenvalue weighted by Gasteiger charge is -2.16. The maximum atomic E-state index is 10.8. The van der Waals surface area contributed by atoms with E-state index in [0.717, 1.165) is 25.8 Å². The molecule has 4 nitrogen and oxygen atoms in total. The van der Waals surface area contributed by atoms with Crippen molar-refractivity contribution in [1.82, 2.24) is 5.32 Å². The summed E-state index contributed by atoms with van der Waals surface area (Å²) in [5.41, 5.74) is -0.456. The quantitative estimate of drug-likeness (QED) is 0.514. The zero-order valence-electron chi connectivity index (χ0n) is 9.80. The molecule has 0 aliphatic rings. The molecule has 0 bridgehead atoms. The Hall–Kier alpha value is -1.08. The minimum atomic E-state index is -0.456. The van der Waals surface area contributed by atoms with Crippen molar-refractivity contribution in [2.24, 2.45) is 0 Å². The van der Waals surface area contributed by atoms with Gasteiger partial charge < -0.3 is 4.74 Å². The van der Waals surface area contributed by atoms with Gasteiger partial charge in [-0.15, -0.1) is 0 Å². The summed E-state index contributed by atoms with van der Waals surface area (Å²) >= 11 is 0. The molecule has 0 saturated heterocycles. The second-order valence-electron chi connectivity index (χ2n) is 4.05. The van der Waals surface area contributed by atoms with Gasteiger partial charge in [0.05, 0.1) is 13.2 Å². The molecule has 0 aliphatic carbocycles. The van der Waals surface area contributed by atoms with Crippen LogP contribution >= 0.6 is 0 Å². The van der Waals surface area contributed by atoms with Gasteiger partial charge in [-0.1, -0.05) is 6.42 Å². The molecule has 0 radical (unpaired) electrons. The van der Waals surface area contributed by atoms with Crippen LogP contribution in [0.25, 0.3) is 0 Å². The Bertz CT molecular complexity index is 231. The zero-order valence-corrected chi connectivity index (χ0v) is 9.80. The Balaban J connectivity index is 3.34. The van der Waals surface area contributed by atoms with Gasteiger partial charge in [0.2, 0.25) is 0 Å². The number of carbonyl (C=O) groups is 1. The predicted octanol–water partition coefficient (Wildman–Crippen LogP) is 1.61. The van der Waals surface area contributed by atoms with Crippen LogP contribution in [0.1, 0.15) is 39.5 Å². The predicted molar refractivity (Wildman–Crippen MR) is 58.2 cm³/mol. The highest BCUT2D eigenvalue weighted by atomic mass is 16.5. The van der Waals surface area contributed by atoms with E-state index in [1.54, 1.807) is 0 Å². The maximum absolute atomic E-state index is 10.8. The van der Waals surface area contributed by atoms with Crippen molar-refractivity contribution in [3.05, 3.63) is 0 Å². The number of methoxy groups -OCH3 is 1. The highest BCUT2D eigenvalue weighted by Crippen LogP contribution is 2.03. The number of nitrogens with zero attached hydrogens (tertiary/aromatic N) is 1. The smallest absolute Gasteiger partial charge is 0.305 e. The topological polar surface area (TPSA) is 62.1 Å². The highest BCUT2D eigenvalue weighted by Gasteiger charge is 2.13. The number of esters is 1. The molecule has 0 aliphatic heterocycles. The van der Waals surface area contributed by atoms with Gasteiger partial charge in [-0.05, 0) is 33.2 Å². The monoisotopic (exact) mass is 212 g/mol. The first-order valence-corrected chi connectivity index (χ1v) is 5.25. The largest absolute Gasteiger partial charge is 0.469 e. The first kappa shape index (κ1) is 13.9. The normalized spacial score (nSPS) is 10.8. The molecule has 0 heterocycles. The van der Waals surface area contributed by atoms with Gasteiger partial charge in [-0.25, -0.2) is 0 Å². The average Bonchev–Trinajstić information content (AvgIpc) is 2.22. The van der Waals surface area contributed by atoms with E-state index in [1.807, 2.05) is 13.8 Å². The minimum absolute atomic E-state index is 0.152. The lowest BCUT2D eigenvalue weighted by atomic mass is 10.1. The molecule has 0 aromatic heterocycles. The Morgan fingerprint density at radius 1 is 1.40 bits per heavy atom. The molecule has 4 heteroatoms. The Morgan fingerprint density at radius 3 is 2.60 bits per heavy atom. The molecule has 0 aromatic carbocycles. The summed E-state index contributed by atoms with van der Waals surface area (Å²) in [6, 6.07) is 2.17. The number of hydrogen-bond acceptors (Lipinski definition) is 4. The van der Waals surface area contributed by atoms with Gasteiger partial charge in [0, 0.05) is 6.42 Å². The molecular formula is C11H20N2O2. The van der Waals surface area contributed by atoms with E-state index in [4.69, 9.17) is 5.26 Å². The van der Waals surface area contributed by atoms with Gasteiger partial charge in [-0.2, -0.15) is 5.26 Å². The van der Waals surface area contributed by atoms with Gasteiger partial charge in [0.15, 0.2) is 0 Å². The number of rotatable bonds is 7. The minimum Gasteiger partial charge on any atom is -0.469 e. The van der Waals surface area contributed by atoms with E-state index < -0.39 is 5.54 Å². The van der Waals surface area contributed by atoms with Crippen LogP contribution in [0.4, 0.5) is 0 Å². The van der Waals surface area contributed by atoms with Crippen LogP contribution in [-0.2, 0) is 9.53 Å². The molecule has 0 saturated carbocycles. The molecule has 0 atom stereocenters. The Kier molecular flexibility index (Phi) is 6.72. The maximum Gasteiger partial charge on any atom is 0.305 e. The molecule has 1 N–H and O–H groups in total. The molecule has 86 valence electrons. The summed E-state index contributed by atoms with van der Waals surface area (Å²) in [6.45, 7) is 4.50. The van der Waals surface area contributed by atoms with Crippen LogP contribution in [0.2, 0.25) is 0 Å². The number of carbonyl (C=O) groups excluding carboxylic acids is 1. The molecule has 0 fully saturated rings. The summed E-state index contributed by atoms with van der Waals surface area (Å²) in [6.07, 6.45) is 3.28. The van der Waals surface area contributed by atoms with Gasteiger partial charge in [0.1, 0.15) is 5.54 Å². The fourth-order valence-electron chi connectivity index (χ4n) is 1.11. The molecule has 0 amide bonds. The van der Waals surface area contributed by atoms with Crippen LogP contribution in [0.15, 0.2) is 0 Å². The highest BCUT2D eigenvalue weighted by molar-refractivity contribution is 5.68. The molecule has 0 spiro atoms. The average molecular weight is 212 g/mol. The zero-order chi connectivity index (χ0) is 11.7. The summed E-state index contributed by atoms with van der Waals surface area (Å²) < 4.78 is 4.53. The van der Waals surface area contributed by atoms with E-state index in [2.05, 4.69) is 16.1 Å². The second-order valence-corrected chi connectivity index (χ2v) is 4.05. The molecule has 15 heavy (non-hydrogen) atoms. The number of unbranched alkanes of at least 4 members (excludes halogenated alkanes) is 2. The molecule has 0 rings (SSSR count). The first-order valence-electron chi connectivity index (χ1n) is 5.25. The van der Waals surface area contributed by atoms with E-state index >= 15 is 0 Å². The van der Waals surface area contributed by atoms with Gasteiger partial charge in [-0.3, -0.25) is 10.1 Å². The summed E-state index contributed by atoms with van der Waals surface area (Å²) in [7, 11) is 1.40. The lowest BCUT2D eigenvalue weighted by Crippen LogP contribution is -2.38. The van der Waals surface area contributed by atoms with Gasteiger partial charge >= 0.3 is 5.97 Å². The molecular weight excluding hydrogens is 192 g/mol. The first-order chi connectivity index (χ1) is 7.02. The lowest BCUT2D eigenvalue weighted by molar-refractivity contribution is -0.140. The molecule has 0 aromatic rings. The number of nitriles is 1. The summed E-state index contributed by atoms with van der Waals surface area (Å²) in [5, 5.41) is 11.9. The fourth-order valence-corrected chi connectivity index (χ4v) is 1.11. The van der Waals surface area contributed by atoms with Crippen molar-refractivity contribution < 1.29 is 9.53 Å². The standard InChI is InChI=1S/C11H20N2O2/c1-11(2,9-12)13-8-6-4-5-7-10(14)15-3/h13H,4-8H2,1-3H3. The van der Waals surface area contributed by atoms with Crippen LogP contribution in [0, 0.1) is 11.3 Å². The number of ether oxygens (including phenoxy) is 1. The van der Waals surface area contributed by atoms with Crippen LogP contribution in [0.3, 0.4) is 0 Å². The van der Waals surface area contributed by atoms with Gasteiger partial charge in [0.25, 0.3) is 0 Å². The Labute approximate surface area is 91.6 Å². The van der Waals surface area contributed by atoms with E-state index in [1.165, 1.54) is 7.11 Å². The van der Waals surface area contributed by atoms with Crippen molar-refractivity contribution in [3.8, 4) is 6.07 Å². The van der Waals surface area contributed by atoms with Crippen LogP contribution in [-0.4, -0.2) is 25.2 Å². The molecule has 0 unspecified atom stereocenters. The number of nitrogens with one attached hydrogen (secondary N) is 1.